The molecular weight excluding hydrogens is 188 g/mol. The van der Waals surface area contributed by atoms with Gasteiger partial charge in [-0.3, -0.25) is 9.20 Å². The largest absolute Gasteiger partial charge is 0.269 e. The van der Waals surface area contributed by atoms with E-state index in [4.69, 9.17) is 0 Å². The Bertz CT molecular complexity index is 586. The average Bonchev–Trinajstić information content (AvgIpc) is 2.59. The Hall–Kier alpha value is -1.64. The molecular formula is C12H12N2O. The van der Waals surface area contributed by atoms with E-state index < -0.39 is 0 Å². The highest BCUT2D eigenvalue weighted by molar-refractivity contribution is 5.46. The standard InChI is InChI=1S/C12H12N2O/c1-8-2-3-9-6-11-13-5-4-12(15)14(11)7-10(8)9/h4-8H,2-3H2,1H3. The number of fused-ring (bicyclic) bond motifs is 2. The number of pyridine rings is 1. The molecule has 0 saturated heterocycles. The third-order valence-corrected chi connectivity index (χ3v) is 3.23. The second kappa shape index (κ2) is 2.92. The molecule has 3 rings (SSSR count). The molecule has 1 atom stereocenters. The van der Waals surface area contributed by atoms with Crippen LogP contribution in [0.2, 0.25) is 0 Å². The van der Waals surface area contributed by atoms with Crippen LogP contribution in [0.4, 0.5) is 0 Å². The van der Waals surface area contributed by atoms with E-state index in [1.54, 1.807) is 10.6 Å². The molecule has 2 aromatic rings. The van der Waals surface area contributed by atoms with Crippen molar-refractivity contribution in [2.45, 2.75) is 25.7 Å². The molecule has 0 radical (unpaired) electrons. The molecule has 1 unspecified atom stereocenters. The number of hydrogen-bond acceptors (Lipinski definition) is 2. The van der Waals surface area contributed by atoms with E-state index in [0.29, 0.717) is 5.92 Å². The zero-order chi connectivity index (χ0) is 10.4. The Kier molecular flexibility index (Phi) is 1.69. The van der Waals surface area contributed by atoms with Crippen LogP contribution in [0.1, 0.15) is 30.4 Å². The second-order valence-corrected chi connectivity index (χ2v) is 4.21. The summed E-state index contributed by atoms with van der Waals surface area (Å²) in [6.07, 6.45) is 5.82. The topological polar surface area (TPSA) is 34.4 Å². The zero-order valence-electron chi connectivity index (χ0n) is 8.60. The zero-order valence-corrected chi connectivity index (χ0v) is 8.60. The quantitative estimate of drug-likeness (QED) is 0.649. The lowest BCUT2D eigenvalue weighted by atomic mass is 10.1. The fourth-order valence-electron chi connectivity index (χ4n) is 2.32. The average molecular weight is 200 g/mol. The molecule has 1 aliphatic carbocycles. The number of nitrogens with zero attached hydrogens (tertiary/aromatic N) is 2. The summed E-state index contributed by atoms with van der Waals surface area (Å²) < 4.78 is 1.64. The molecule has 0 aliphatic heterocycles. The third kappa shape index (κ3) is 1.19. The van der Waals surface area contributed by atoms with E-state index >= 15 is 0 Å². The molecule has 0 saturated carbocycles. The minimum absolute atomic E-state index is 0.00176. The third-order valence-electron chi connectivity index (χ3n) is 3.23. The van der Waals surface area contributed by atoms with Gasteiger partial charge >= 0.3 is 0 Å². The first-order valence-corrected chi connectivity index (χ1v) is 5.26. The van der Waals surface area contributed by atoms with Crippen molar-refractivity contribution in [1.82, 2.24) is 9.38 Å². The summed E-state index contributed by atoms with van der Waals surface area (Å²) >= 11 is 0. The van der Waals surface area contributed by atoms with Gasteiger partial charge in [0.25, 0.3) is 5.56 Å². The van der Waals surface area contributed by atoms with Crippen LogP contribution in [0.25, 0.3) is 5.65 Å². The fraction of sp³-hybridized carbons (Fsp3) is 0.333. The fourth-order valence-corrected chi connectivity index (χ4v) is 2.32. The second-order valence-electron chi connectivity index (χ2n) is 4.21. The number of aromatic nitrogens is 2. The number of rotatable bonds is 0. The van der Waals surface area contributed by atoms with E-state index in [9.17, 15) is 4.79 Å². The van der Waals surface area contributed by atoms with E-state index in [1.807, 2.05) is 12.3 Å². The first kappa shape index (κ1) is 8.65. The predicted molar refractivity (Wildman–Crippen MR) is 58.2 cm³/mol. The van der Waals surface area contributed by atoms with Crippen LogP contribution in [0, 0.1) is 0 Å². The lowest BCUT2D eigenvalue weighted by molar-refractivity contribution is 0.744. The van der Waals surface area contributed by atoms with Gasteiger partial charge in [-0.2, -0.15) is 0 Å². The van der Waals surface area contributed by atoms with Crippen molar-refractivity contribution in [3.63, 3.8) is 0 Å². The number of aryl methyl sites for hydroxylation is 1. The van der Waals surface area contributed by atoms with Gasteiger partial charge in [0, 0.05) is 18.5 Å². The van der Waals surface area contributed by atoms with E-state index in [2.05, 4.69) is 11.9 Å². The van der Waals surface area contributed by atoms with Crippen LogP contribution in [-0.4, -0.2) is 9.38 Å². The monoisotopic (exact) mass is 200 g/mol. The van der Waals surface area contributed by atoms with Crippen LogP contribution >= 0.6 is 0 Å². The molecule has 0 amide bonds. The minimum atomic E-state index is 0.00176. The lowest BCUT2D eigenvalue weighted by Crippen LogP contribution is -2.13. The van der Waals surface area contributed by atoms with Gasteiger partial charge < -0.3 is 0 Å². The lowest BCUT2D eigenvalue weighted by Gasteiger charge is -2.06. The van der Waals surface area contributed by atoms with Gasteiger partial charge in [-0.25, -0.2) is 4.98 Å². The van der Waals surface area contributed by atoms with Gasteiger partial charge in [-0.1, -0.05) is 6.92 Å². The van der Waals surface area contributed by atoms with E-state index in [1.165, 1.54) is 23.6 Å². The summed E-state index contributed by atoms with van der Waals surface area (Å²) in [6, 6.07) is 3.54. The maximum Gasteiger partial charge on any atom is 0.257 e. The van der Waals surface area contributed by atoms with Crippen molar-refractivity contribution in [1.29, 1.82) is 0 Å². The molecule has 0 spiro atoms. The molecule has 0 bridgehead atoms. The molecule has 15 heavy (non-hydrogen) atoms. The van der Waals surface area contributed by atoms with Gasteiger partial charge in [-0.05, 0) is 36.0 Å². The molecule has 1 aliphatic rings. The van der Waals surface area contributed by atoms with Gasteiger partial charge in [0.15, 0.2) is 0 Å². The van der Waals surface area contributed by atoms with Gasteiger partial charge in [-0.15, -0.1) is 0 Å². The molecule has 2 aromatic heterocycles. The van der Waals surface area contributed by atoms with Gasteiger partial charge in [0.1, 0.15) is 5.65 Å². The molecule has 0 fully saturated rings. The van der Waals surface area contributed by atoms with Gasteiger partial charge in [0.05, 0.1) is 0 Å². The smallest absolute Gasteiger partial charge is 0.257 e. The van der Waals surface area contributed by atoms with Gasteiger partial charge in [0.2, 0.25) is 0 Å². The highest BCUT2D eigenvalue weighted by Crippen LogP contribution is 2.32. The Labute approximate surface area is 87.4 Å². The van der Waals surface area contributed by atoms with Crippen molar-refractivity contribution in [3.05, 3.63) is 46.0 Å². The van der Waals surface area contributed by atoms with Crippen LogP contribution < -0.4 is 5.56 Å². The highest BCUT2D eigenvalue weighted by Gasteiger charge is 2.19. The Balaban J connectivity index is 2.41. The molecule has 3 heteroatoms. The van der Waals surface area contributed by atoms with Crippen molar-refractivity contribution in [2.24, 2.45) is 0 Å². The molecule has 0 N–H and O–H groups in total. The Morgan fingerprint density at radius 3 is 3.27 bits per heavy atom. The van der Waals surface area contributed by atoms with Crippen molar-refractivity contribution >= 4 is 5.65 Å². The maximum atomic E-state index is 11.6. The molecule has 3 nitrogen and oxygen atoms in total. The summed E-state index contributed by atoms with van der Waals surface area (Å²) in [5, 5.41) is 0. The molecule has 0 aromatic carbocycles. The van der Waals surface area contributed by atoms with Crippen LogP contribution in [0.15, 0.2) is 29.3 Å². The molecule has 2 heterocycles. The summed E-state index contributed by atoms with van der Waals surface area (Å²) in [5.74, 6) is 0.566. The van der Waals surface area contributed by atoms with E-state index in [-0.39, 0.29) is 5.56 Å². The van der Waals surface area contributed by atoms with Crippen LogP contribution in [0.5, 0.6) is 0 Å². The Morgan fingerprint density at radius 1 is 1.53 bits per heavy atom. The summed E-state index contributed by atoms with van der Waals surface area (Å²) in [7, 11) is 0. The minimum Gasteiger partial charge on any atom is -0.269 e. The van der Waals surface area contributed by atoms with Crippen LogP contribution in [-0.2, 0) is 6.42 Å². The van der Waals surface area contributed by atoms with Crippen molar-refractivity contribution in [2.75, 3.05) is 0 Å². The summed E-state index contributed by atoms with van der Waals surface area (Å²) in [5.41, 5.74) is 3.41. The first-order valence-electron chi connectivity index (χ1n) is 5.26. The number of hydrogen-bond donors (Lipinski definition) is 0. The highest BCUT2D eigenvalue weighted by atomic mass is 16.1. The summed E-state index contributed by atoms with van der Waals surface area (Å²) in [4.78, 5) is 15.8. The Morgan fingerprint density at radius 2 is 2.40 bits per heavy atom. The summed E-state index contributed by atoms with van der Waals surface area (Å²) in [6.45, 7) is 2.21. The molecule has 76 valence electrons. The normalized spacial score (nSPS) is 19.4. The first-order chi connectivity index (χ1) is 7.25. The van der Waals surface area contributed by atoms with E-state index in [0.717, 1.165) is 12.1 Å². The van der Waals surface area contributed by atoms with Crippen molar-refractivity contribution < 1.29 is 0 Å². The maximum absolute atomic E-state index is 11.6. The SMILES string of the molecule is CC1CCc2cc3nccc(=O)n3cc21. The van der Waals surface area contributed by atoms with Crippen LogP contribution in [0.3, 0.4) is 0 Å². The predicted octanol–water partition coefficient (Wildman–Crippen LogP) is 1.74. The van der Waals surface area contributed by atoms with Crippen molar-refractivity contribution in [3.8, 4) is 0 Å².